The van der Waals surface area contributed by atoms with Crippen molar-refractivity contribution in [1.29, 1.82) is 0 Å². The molecule has 3 heterocycles. The quantitative estimate of drug-likeness (QED) is 0.610. The van der Waals surface area contributed by atoms with Crippen LogP contribution >= 0.6 is 0 Å². The minimum Gasteiger partial charge on any atom is -0.492 e. The Morgan fingerprint density at radius 1 is 0.943 bits per heavy atom. The van der Waals surface area contributed by atoms with E-state index >= 15 is 0 Å². The first kappa shape index (κ1) is 25.0. The Labute approximate surface area is 207 Å². The molecule has 0 saturated carbocycles. The van der Waals surface area contributed by atoms with Crippen LogP contribution in [0.4, 0.5) is 17.3 Å². The Balaban J connectivity index is 1.47. The second-order valence-corrected chi connectivity index (χ2v) is 8.98. The third kappa shape index (κ3) is 6.14. The number of aryl methyl sites for hydroxylation is 2. The van der Waals surface area contributed by atoms with Gasteiger partial charge < -0.3 is 29.3 Å². The van der Waals surface area contributed by atoms with Crippen molar-refractivity contribution < 1.29 is 19.0 Å². The Kier molecular flexibility index (Phi) is 8.28. The van der Waals surface area contributed by atoms with Crippen LogP contribution in [0.1, 0.15) is 38.1 Å². The van der Waals surface area contributed by atoms with Crippen molar-refractivity contribution in [2.24, 2.45) is 5.92 Å². The van der Waals surface area contributed by atoms with Gasteiger partial charge in [0.15, 0.2) is 0 Å². The largest absolute Gasteiger partial charge is 0.492 e. The van der Waals surface area contributed by atoms with Gasteiger partial charge in [0.25, 0.3) is 0 Å². The molecule has 2 aliphatic rings. The number of rotatable bonds is 8. The molecule has 9 nitrogen and oxygen atoms in total. The van der Waals surface area contributed by atoms with Crippen LogP contribution in [0.25, 0.3) is 0 Å². The van der Waals surface area contributed by atoms with Crippen LogP contribution in [0.15, 0.2) is 18.2 Å². The summed E-state index contributed by atoms with van der Waals surface area (Å²) in [6.45, 7) is 13.4. The number of ether oxygens (including phenoxy) is 3. The molecule has 0 aliphatic carbocycles. The van der Waals surface area contributed by atoms with Gasteiger partial charge in [-0.3, -0.25) is 4.79 Å². The first-order valence-electron chi connectivity index (χ1n) is 12.6. The summed E-state index contributed by atoms with van der Waals surface area (Å²) in [5, 5.41) is 3.13. The van der Waals surface area contributed by atoms with Crippen LogP contribution in [-0.4, -0.2) is 68.5 Å². The van der Waals surface area contributed by atoms with E-state index in [4.69, 9.17) is 14.2 Å². The molecule has 35 heavy (non-hydrogen) atoms. The zero-order valence-electron chi connectivity index (χ0n) is 21.3. The number of anilines is 3. The molecule has 2 aromatic rings. The monoisotopic (exact) mass is 483 g/mol. The van der Waals surface area contributed by atoms with Crippen LogP contribution in [0.2, 0.25) is 0 Å². The summed E-state index contributed by atoms with van der Waals surface area (Å²) in [6.07, 6.45) is 1.49. The topological polar surface area (TPSA) is 89.0 Å². The Hall–Kier alpha value is -3.07. The van der Waals surface area contributed by atoms with Crippen LogP contribution in [0.3, 0.4) is 0 Å². The maximum atomic E-state index is 13.2. The molecular weight excluding hydrogens is 446 g/mol. The number of morpholine rings is 1. The maximum absolute atomic E-state index is 13.2. The number of benzene rings is 1. The second-order valence-electron chi connectivity index (χ2n) is 8.98. The molecule has 1 aromatic carbocycles. The second kappa shape index (κ2) is 11.6. The number of carbonyl (C=O) groups is 1. The van der Waals surface area contributed by atoms with Crippen LogP contribution < -0.4 is 24.6 Å². The molecule has 0 unspecified atom stereocenters. The van der Waals surface area contributed by atoms with Gasteiger partial charge in [0.1, 0.15) is 11.5 Å². The lowest BCUT2D eigenvalue weighted by atomic mass is 9.96. The summed E-state index contributed by atoms with van der Waals surface area (Å²) in [4.78, 5) is 26.8. The minimum absolute atomic E-state index is 0.00788. The number of nitrogens with zero attached hydrogens (tertiary/aromatic N) is 4. The fourth-order valence-corrected chi connectivity index (χ4v) is 4.67. The fraction of sp³-hybridized carbons (Fsp3) is 0.577. The van der Waals surface area contributed by atoms with Crippen molar-refractivity contribution in [2.75, 3.05) is 67.7 Å². The van der Waals surface area contributed by atoms with Crippen molar-refractivity contribution in [3.63, 3.8) is 0 Å². The molecule has 190 valence electrons. The van der Waals surface area contributed by atoms with Crippen molar-refractivity contribution >= 4 is 23.2 Å². The molecule has 2 fully saturated rings. The smallest absolute Gasteiger partial charge is 0.227 e. The van der Waals surface area contributed by atoms with Crippen molar-refractivity contribution in [1.82, 2.24) is 9.97 Å². The molecule has 1 amide bonds. The fourth-order valence-electron chi connectivity index (χ4n) is 4.67. The van der Waals surface area contributed by atoms with Gasteiger partial charge in [0, 0.05) is 55.6 Å². The third-order valence-electron chi connectivity index (χ3n) is 6.39. The molecule has 4 rings (SSSR count). The van der Waals surface area contributed by atoms with Gasteiger partial charge in [0.05, 0.1) is 37.8 Å². The lowest BCUT2D eigenvalue weighted by Gasteiger charge is -2.32. The van der Waals surface area contributed by atoms with Gasteiger partial charge in [-0.2, -0.15) is 0 Å². The van der Waals surface area contributed by atoms with Crippen LogP contribution in [-0.2, 0) is 9.53 Å². The average molecular weight is 484 g/mol. The highest BCUT2D eigenvalue weighted by molar-refractivity contribution is 5.95. The Morgan fingerprint density at radius 2 is 1.57 bits per heavy atom. The zero-order chi connectivity index (χ0) is 24.8. The number of aromatic nitrogens is 2. The standard InChI is InChI=1S/C26H37N5O4/c1-5-34-23-17-22(30-11-13-33-14-12-30)24(35-6-2)16-21(23)29-25(32)20-7-9-31(10-8-20)26-27-18(3)15-19(4)28-26/h15-17,20H,5-14H2,1-4H3,(H,29,32). The van der Waals surface area contributed by atoms with Crippen molar-refractivity contribution in [3.8, 4) is 11.5 Å². The van der Waals surface area contributed by atoms with Gasteiger partial charge in [-0.15, -0.1) is 0 Å². The summed E-state index contributed by atoms with van der Waals surface area (Å²) in [5.74, 6) is 2.08. The molecule has 0 atom stereocenters. The van der Waals surface area contributed by atoms with Crippen LogP contribution in [0, 0.1) is 19.8 Å². The summed E-state index contributed by atoms with van der Waals surface area (Å²) in [5.41, 5.74) is 3.54. The first-order valence-corrected chi connectivity index (χ1v) is 12.6. The molecule has 2 aliphatic heterocycles. The minimum atomic E-state index is -0.0823. The molecule has 0 bridgehead atoms. The molecule has 1 N–H and O–H groups in total. The maximum Gasteiger partial charge on any atom is 0.227 e. The number of hydrogen-bond donors (Lipinski definition) is 1. The predicted octanol–water partition coefficient (Wildman–Crippen LogP) is 3.58. The first-order chi connectivity index (χ1) is 17.0. The van der Waals surface area contributed by atoms with E-state index in [-0.39, 0.29) is 11.8 Å². The van der Waals surface area contributed by atoms with E-state index in [1.807, 2.05) is 45.9 Å². The summed E-state index contributed by atoms with van der Waals surface area (Å²) < 4.78 is 17.4. The van der Waals surface area contributed by atoms with Gasteiger partial charge in [0.2, 0.25) is 11.9 Å². The third-order valence-corrected chi connectivity index (χ3v) is 6.39. The lowest BCUT2D eigenvalue weighted by molar-refractivity contribution is -0.120. The Morgan fingerprint density at radius 3 is 2.20 bits per heavy atom. The molecule has 1 aromatic heterocycles. The van der Waals surface area contributed by atoms with E-state index in [0.29, 0.717) is 37.9 Å². The molecule has 0 spiro atoms. The highest BCUT2D eigenvalue weighted by Crippen LogP contribution is 2.39. The summed E-state index contributed by atoms with van der Waals surface area (Å²) in [7, 11) is 0. The number of piperidine rings is 1. The van der Waals surface area contributed by atoms with Gasteiger partial charge in [-0.25, -0.2) is 9.97 Å². The number of carbonyl (C=O) groups excluding carboxylic acids is 1. The normalized spacial score (nSPS) is 16.8. The van der Waals surface area contributed by atoms with E-state index in [1.165, 1.54) is 0 Å². The summed E-state index contributed by atoms with van der Waals surface area (Å²) >= 11 is 0. The lowest BCUT2D eigenvalue weighted by Crippen LogP contribution is -2.39. The molecule has 2 saturated heterocycles. The predicted molar refractivity (Wildman–Crippen MR) is 137 cm³/mol. The van der Waals surface area contributed by atoms with E-state index in [1.54, 1.807) is 0 Å². The van der Waals surface area contributed by atoms with E-state index in [9.17, 15) is 4.79 Å². The Bertz CT molecular complexity index is 997. The van der Waals surface area contributed by atoms with Gasteiger partial charge in [-0.05, 0) is 46.6 Å². The highest BCUT2D eigenvalue weighted by Gasteiger charge is 2.28. The van der Waals surface area contributed by atoms with Crippen molar-refractivity contribution in [2.45, 2.75) is 40.5 Å². The zero-order valence-corrected chi connectivity index (χ0v) is 21.3. The molecular formula is C26H37N5O4. The molecule has 0 radical (unpaired) electrons. The van der Waals surface area contributed by atoms with Crippen molar-refractivity contribution in [3.05, 3.63) is 29.6 Å². The van der Waals surface area contributed by atoms with E-state index in [0.717, 1.165) is 67.8 Å². The van der Waals surface area contributed by atoms with E-state index < -0.39 is 0 Å². The number of nitrogens with one attached hydrogen (secondary N) is 1. The molecule has 9 heteroatoms. The number of hydrogen-bond acceptors (Lipinski definition) is 8. The SMILES string of the molecule is CCOc1cc(N2CCOCC2)c(OCC)cc1NC(=O)C1CCN(c2nc(C)cc(C)n2)CC1. The van der Waals surface area contributed by atoms with Gasteiger partial charge >= 0.3 is 0 Å². The average Bonchev–Trinajstić information content (AvgIpc) is 2.86. The van der Waals surface area contributed by atoms with Gasteiger partial charge in [-0.1, -0.05) is 0 Å². The van der Waals surface area contributed by atoms with E-state index in [2.05, 4.69) is 25.1 Å². The number of amides is 1. The highest BCUT2D eigenvalue weighted by atomic mass is 16.5. The van der Waals surface area contributed by atoms with Crippen LogP contribution in [0.5, 0.6) is 11.5 Å². The summed E-state index contributed by atoms with van der Waals surface area (Å²) in [6, 6.07) is 5.85.